The Bertz CT molecular complexity index is 306. The maximum Gasteiger partial charge on any atom is 0.205 e. The van der Waals surface area contributed by atoms with E-state index in [0.717, 1.165) is 5.30 Å². The molecule has 0 unspecified atom stereocenters. The Hall–Kier alpha value is -0.430. The van der Waals surface area contributed by atoms with Gasteiger partial charge in [0, 0.05) is 5.30 Å². The molecule has 1 rings (SSSR count). The summed E-state index contributed by atoms with van der Waals surface area (Å²) in [4.78, 5) is 0. The van der Waals surface area contributed by atoms with Gasteiger partial charge in [0.25, 0.3) is 0 Å². The van der Waals surface area contributed by atoms with Crippen LogP contribution in [0.2, 0.25) is 0 Å². The van der Waals surface area contributed by atoms with Gasteiger partial charge in [-0.1, -0.05) is 6.07 Å². The molecule has 1 aromatic carbocycles. The van der Waals surface area contributed by atoms with Gasteiger partial charge in [0.15, 0.2) is 0 Å². The van der Waals surface area contributed by atoms with E-state index in [0.29, 0.717) is 13.2 Å². The molecule has 0 amide bonds. The Morgan fingerprint density at radius 2 is 1.60 bits per heavy atom. The molecule has 1 aromatic rings. The minimum absolute atomic E-state index is 0.693. The predicted molar refractivity (Wildman–Crippen MR) is 65.7 cm³/mol. The van der Waals surface area contributed by atoms with Crippen LogP contribution in [0, 0.1) is 13.8 Å². The van der Waals surface area contributed by atoms with Crippen molar-refractivity contribution in [1.29, 1.82) is 0 Å². The second-order valence-electron chi connectivity index (χ2n) is 3.36. The smallest absolute Gasteiger partial charge is 0.205 e. The van der Waals surface area contributed by atoms with E-state index in [9.17, 15) is 0 Å². The molecule has 0 bridgehead atoms. The van der Waals surface area contributed by atoms with Gasteiger partial charge in [0.2, 0.25) is 8.38 Å². The fourth-order valence-electron chi connectivity index (χ4n) is 1.26. The lowest BCUT2D eigenvalue weighted by atomic mass is 10.1. The summed E-state index contributed by atoms with van der Waals surface area (Å²) >= 11 is 0. The summed E-state index contributed by atoms with van der Waals surface area (Å²) in [5, 5.41) is 1.16. The number of aryl methyl sites for hydroxylation is 2. The summed E-state index contributed by atoms with van der Waals surface area (Å²) in [7, 11) is -0.885. The SMILES string of the molecule is CCOP(OCC)c1ccc(C)c(C)c1. The number of hydrogen-bond acceptors (Lipinski definition) is 2. The molecule has 0 radical (unpaired) electrons. The molecule has 0 aliphatic carbocycles. The monoisotopic (exact) mass is 226 g/mol. The van der Waals surface area contributed by atoms with Gasteiger partial charge in [0.1, 0.15) is 0 Å². The highest BCUT2D eigenvalue weighted by molar-refractivity contribution is 7.56. The average molecular weight is 226 g/mol. The Labute approximate surface area is 93.5 Å². The molecule has 0 spiro atoms. The number of benzene rings is 1. The van der Waals surface area contributed by atoms with Gasteiger partial charge in [-0.25, -0.2) is 0 Å². The molecule has 0 heterocycles. The van der Waals surface area contributed by atoms with Crippen LogP contribution in [0.1, 0.15) is 25.0 Å². The van der Waals surface area contributed by atoms with E-state index < -0.39 is 8.38 Å². The highest BCUT2D eigenvalue weighted by atomic mass is 31.2. The predicted octanol–water partition coefficient (Wildman–Crippen LogP) is 3.31. The lowest BCUT2D eigenvalue weighted by Gasteiger charge is -2.16. The second kappa shape index (κ2) is 6.22. The van der Waals surface area contributed by atoms with Gasteiger partial charge in [-0.2, -0.15) is 0 Å². The normalized spacial score (nSPS) is 11.0. The van der Waals surface area contributed by atoms with Crippen LogP contribution in [-0.2, 0) is 9.05 Å². The first-order valence-corrected chi connectivity index (χ1v) is 6.50. The van der Waals surface area contributed by atoms with Gasteiger partial charge in [-0.05, 0) is 51.0 Å². The lowest BCUT2D eigenvalue weighted by Crippen LogP contribution is -2.07. The van der Waals surface area contributed by atoms with Crippen LogP contribution >= 0.6 is 8.38 Å². The standard InChI is InChI=1S/C12H19O2P/c1-5-13-15(14-6-2)12-8-7-10(3)11(4)9-12/h7-9H,5-6H2,1-4H3. The summed E-state index contributed by atoms with van der Waals surface area (Å²) < 4.78 is 11.2. The van der Waals surface area contributed by atoms with Gasteiger partial charge in [0.05, 0.1) is 13.2 Å². The van der Waals surface area contributed by atoms with Crippen molar-refractivity contribution < 1.29 is 9.05 Å². The zero-order chi connectivity index (χ0) is 11.3. The molecule has 15 heavy (non-hydrogen) atoms. The molecule has 0 saturated carbocycles. The lowest BCUT2D eigenvalue weighted by molar-refractivity contribution is 0.277. The maximum atomic E-state index is 5.61. The third-order valence-electron chi connectivity index (χ3n) is 2.19. The molecule has 0 aromatic heterocycles. The Morgan fingerprint density at radius 1 is 1.00 bits per heavy atom. The van der Waals surface area contributed by atoms with E-state index in [1.807, 2.05) is 13.8 Å². The van der Waals surface area contributed by atoms with Gasteiger partial charge in [-0.3, -0.25) is 0 Å². The van der Waals surface area contributed by atoms with E-state index in [1.165, 1.54) is 11.1 Å². The minimum atomic E-state index is -0.885. The molecule has 3 heteroatoms. The third kappa shape index (κ3) is 3.57. The molecule has 0 saturated heterocycles. The zero-order valence-electron chi connectivity index (χ0n) is 9.91. The highest BCUT2D eigenvalue weighted by Crippen LogP contribution is 2.37. The maximum absolute atomic E-state index is 5.61. The first kappa shape index (κ1) is 12.6. The van der Waals surface area contributed by atoms with Crippen LogP contribution in [0.4, 0.5) is 0 Å². The quantitative estimate of drug-likeness (QED) is 0.717. The van der Waals surface area contributed by atoms with Crippen LogP contribution in [0.5, 0.6) is 0 Å². The van der Waals surface area contributed by atoms with Crippen molar-refractivity contribution in [1.82, 2.24) is 0 Å². The van der Waals surface area contributed by atoms with Crippen molar-refractivity contribution in [2.45, 2.75) is 27.7 Å². The van der Waals surface area contributed by atoms with Crippen molar-refractivity contribution in [2.75, 3.05) is 13.2 Å². The number of hydrogen-bond donors (Lipinski definition) is 0. The van der Waals surface area contributed by atoms with E-state index >= 15 is 0 Å². The minimum Gasteiger partial charge on any atom is -0.331 e. The summed E-state index contributed by atoms with van der Waals surface area (Å²) in [5.41, 5.74) is 2.60. The van der Waals surface area contributed by atoms with Crippen LogP contribution < -0.4 is 5.30 Å². The molecule has 2 nitrogen and oxygen atoms in total. The van der Waals surface area contributed by atoms with E-state index in [2.05, 4.69) is 32.0 Å². The van der Waals surface area contributed by atoms with Crippen molar-refractivity contribution in [3.05, 3.63) is 29.3 Å². The molecular formula is C12H19O2P. The van der Waals surface area contributed by atoms with E-state index in [4.69, 9.17) is 9.05 Å². The first-order valence-electron chi connectivity index (χ1n) is 5.32. The third-order valence-corrected chi connectivity index (χ3v) is 3.88. The molecule has 0 N–H and O–H groups in total. The summed E-state index contributed by atoms with van der Waals surface area (Å²) in [6, 6.07) is 6.38. The molecule has 0 aliphatic rings. The average Bonchev–Trinajstić information content (AvgIpc) is 2.22. The van der Waals surface area contributed by atoms with Crippen molar-refractivity contribution >= 4 is 13.7 Å². The zero-order valence-corrected chi connectivity index (χ0v) is 10.8. The van der Waals surface area contributed by atoms with Crippen molar-refractivity contribution in [3.8, 4) is 0 Å². The summed E-state index contributed by atoms with van der Waals surface area (Å²) in [6.07, 6.45) is 0. The van der Waals surface area contributed by atoms with Gasteiger partial charge in [-0.15, -0.1) is 0 Å². The fourth-order valence-corrected chi connectivity index (χ4v) is 2.60. The molecule has 0 atom stereocenters. The van der Waals surface area contributed by atoms with Crippen LogP contribution in [0.15, 0.2) is 18.2 Å². The van der Waals surface area contributed by atoms with Gasteiger partial charge >= 0.3 is 0 Å². The molecule has 84 valence electrons. The van der Waals surface area contributed by atoms with E-state index in [1.54, 1.807) is 0 Å². The van der Waals surface area contributed by atoms with Gasteiger partial charge < -0.3 is 9.05 Å². The van der Waals surface area contributed by atoms with E-state index in [-0.39, 0.29) is 0 Å². The largest absolute Gasteiger partial charge is 0.331 e. The van der Waals surface area contributed by atoms with Crippen LogP contribution in [-0.4, -0.2) is 13.2 Å². The summed E-state index contributed by atoms with van der Waals surface area (Å²) in [5.74, 6) is 0. The first-order chi connectivity index (χ1) is 7.19. The second-order valence-corrected chi connectivity index (χ2v) is 4.91. The molecule has 0 fully saturated rings. The highest BCUT2D eigenvalue weighted by Gasteiger charge is 2.12. The van der Waals surface area contributed by atoms with Crippen molar-refractivity contribution in [2.24, 2.45) is 0 Å². The molecular weight excluding hydrogens is 207 g/mol. The number of rotatable bonds is 5. The Morgan fingerprint density at radius 3 is 2.07 bits per heavy atom. The Balaban J connectivity index is 2.85. The van der Waals surface area contributed by atoms with Crippen LogP contribution in [0.25, 0.3) is 0 Å². The Kier molecular flexibility index (Phi) is 5.24. The van der Waals surface area contributed by atoms with Crippen LogP contribution in [0.3, 0.4) is 0 Å². The topological polar surface area (TPSA) is 18.5 Å². The van der Waals surface area contributed by atoms with Crippen molar-refractivity contribution in [3.63, 3.8) is 0 Å². The summed E-state index contributed by atoms with van der Waals surface area (Å²) in [6.45, 7) is 9.61. The molecule has 0 aliphatic heterocycles. The fraction of sp³-hybridized carbons (Fsp3) is 0.500.